The van der Waals surface area contributed by atoms with E-state index in [0.29, 0.717) is 24.0 Å². The van der Waals surface area contributed by atoms with Gasteiger partial charge in [-0.25, -0.2) is 19.6 Å². The van der Waals surface area contributed by atoms with E-state index >= 15 is 0 Å². The van der Waals surface area contributed by atoms with Crippen LogP contribution < -0.4 is 10.6 Å². The van der Waals surface area contributed by atoms with Gasteiger partial charge in [0.15, 0.2) is 5.82 Å². The molecule has 12 nitrogen and oxygen atoms in total. The van der Waals surface area contributed by atoms with Gasteiger partial charge in [-0.15, -0.1) is 0 Å². The van der Waals surface area contributed by atoms with Crippen molar-refractivity contribution in [3.8, 4) is 5.88 Å². The topological polar surface area (TPSA) is 195 Å². The van der Waals surface area contributed by atoms with Crippen LogP contribution in [0, 0.1) is 5.92 Å². The smallest absolute Gasteiger partial charge is 0.490 e. The summed E-state index contributed by atoms with van der Waals surface area (Å²) >= 11 is 0. The van der Waals surface area contributed by atoms with Gasteiger partial charge in [0.25, 0.3) is 0 Å². The van der Waals surface area contributed by atoms with Crippen LogP contribution in [0.3, 0.4) is 0 Å². The molecule has 18 heteroatoms. The number of halogens is 6. The molecule has 0 aromatic carbocycles. The van der Waals surface area contributed by atoms with Gasteiger partial charge in [0.05, 0.1) is 5.92 Å². The number of allylic oxidation sites excluding steroid dienone is 1. The van der Waals surface area contributed by atoms with Crippen LogP contribution in [0.1, 0.15) is 24.1 Å². The number of rotatable bonds is 3. The number of imidazole rings is 1. The SMILES string of the molecule is NC(=O)C1CCCN(c2nc(O)c(C=C3C=Nc4ncccc43)[nH]2)C1.O=C(O)C(F)(F)F.O=C(O)C(F)(F)F. The molecular weight excluding hydrogens is 546 g/mol. The quantitative estimate of drug-likeness (QED) is 0.347. The lowest BCUT2D eigenvalue weighted by molar-refractivity contribution is -0.193. The summed E-state index contributed by atoms with van der Waals surface area (Å²) in [4.78, 5) is 46.9. The standard InChI is InChI=1S/C17H18N6O2.2C2HF3O2/c18-14(24)10-3-2-6-23(9-10)17-21-13(16(25)22-17)7-11-8-20-15-12(11)4-1-5-19-15;2*3-2(4,5)1(6)7/h1,4-5,7-8,10,25H,2-3,6,9H2,(H2,18,24)(H,21,22);2*(H,6,7). The molecule has 0 spiro atoms. The van der Waals surface area contributed by atoms with E-state index in [0.717, 1.165) is 30.5 Å². The number of alkyl halides is 6. The average Bonchev–Trinajstić information content (AvgIpc) is 3.42. The summed E-state index contributed by atoms with van der Waals surface area (Å²) in [5.41, 5.74) is 7.67. The van der Waals surface area contributed by atoms with E-state index in [2.05, 4.69) is 19.9 Å². The van der Waals surface area contributed by atoms with Gasteiger partial charge in [0.2, 0.25) is 17.7 Å². The van der Waals surface area contributed by atoms with Gasteiger partial charge in [0.1, 0.15) is 5.69 Å². The number of carbonyl (C=O) groups excluding carboxylic acids is 1. The average molecular weight is 566 g/mol. The first-order valence-corrected chi connectivity index (χ1v) is 10.6. The van der Waals surface area contributed by atoms with Gasteiger partial charge in [-0.2, -0.15) is 31.3 Å². The van der Waals surface area contributed by atoms with Crippen LogP contribution in [0.4, 0.5) is 38.1 Å². The molecule has 1 unspecified atom stereocenters. The number of nitrogens with one attached hydrogen (secondary N) is 1. The number of pyridine rings is 1. The van der Waals surface area contributed by atoms with E-state index in [1.807, 2.05) is 17.0 Å². The van der Waals surface area contributed by atoms with E-state index in [1.165, 1.54) is 0 Å². The van der Waals surface area contributed by atoms with Crippen molar-refractivity contribution in [2.75, 3.05) is 18.0 Å². The van der Waals surface area contributed by atoms with Crippen LogP contribution in [-0.4, -0.2) is 79.8 Å². The number of aromatic amines is 1. The van der Waals surface area contributed by atoms with Gasteiger partial charge in [-0.3, -0.25) is 4.79 Å². The summed E-state index contributed by atoms with van der Waals surface area (Å²) < 4.78 is 63.5. The first-order chi connectivity index (χ1) is 18.0. The minimum absolute atomic E-state index is 0.0885. The number of aliphatic imine (C=N–C) groups is 1. The Balaban J connectivity index is 0.000000317. The van der Waals surface area contributed by atoms with Crippen molar-refractivity contribution in [2.45, 2.75) is 25.2 Å². The van der Waals surface area contributed by atoms with Crippen molar-refractivity contribution in [1.29, 1.82) is 0 Å². The van der Waals surface area contributed by atoms with E-state index in [-0.39, 0.29) is 17.7 Å². The highest BCUT2D eigenvalue weighted by Crippen LogP contribution is 2.32. The molecule has 1 amide bonds. The molecule has 1 saturated heterocycles. The van der Waals surface area contributed by atoms with Crippen LogP contribution >= 0.6 is 0 Å². The molecule has 1 fully saturated rings. The number of nitrogens with zero attached hydrogens (tertiary/aromatic N) is 4. The lowest BCUT2D eigenvalue weighted by Crippen LogP contribution is -2.41. The Labute approximate surface area is 214 Å². The number of hydrogen-bond donors (Lipinski definition) is 5. The highest BCUT2D eigenvalue weighted by molar-refractivity contribution is 6.20. The first-order valence-electron chi connectivity index (χ1n) is 10.6. The maximum atomic E-state index is 11.4. The third kappa shape index (κ3) is 8.71. The molecule has 2 aromatic rings. The molecular formula is C21H20F6N6O6. The van der Waals surface area contributed by atoms with E-state index in [4.69, 9.17) is 25.5 Å². The largest absolute Gasteiger partial charge is 0.492 e. The van der Waals surface area contributed by atoms with E-state index in [1.54, 1.807) is 18.5 Å². The maximum Gasteiger partial charge on any atom is 0.490 e. The van der Waals surface area contributed by atoms with Gasteiger partial charge < -0.3 is 30.9 Å². The predicted octanol–water partition coefficient (Wildman–Crippen LogP) is 2.74. The van der Waals surface area contributed by atoms with Gasteiger partial charge >= 0.3 is 24.3 Å². The number of carbonyl (C=O) groups is 3. The van der Waals surface area contributed by atoms with Crippen LogP contribution in [-0.2, 0) is 14.4 Å². The summed E-state index contributed by atoms with van der Waals surface area (Å²) in [6, 6.07) is 3.77. The fraction of sp³-hybridized carbons (Fsp3) is 0.333. The highest BCUT2D eigenvalue weighted by Gasteiger charge is 2.38. The Kier molecular flexibility index (Phi) is 9.62. The number of fused-ring (bicyclic) bond motifs is 1. The molecule has 0 aliphatic carbocycles. The number of aromatic hydroxyl groups is 1. The number of aliphatic carboxylic acids is 2. The molecule has 0 radical (unpaired) electrons. The van der Waals surface area contributed by atoms with Gasteiger partial charge in [-0.1, -0.05) is 0 Å². The third-order valence-electron chi connectivity index (χ3n) is 5.03. The van der Waals surface area contributed by atoms with Crippen LogP contribution in [0.25, 0.3) is 11.6 Å². The molecule has 2 aliphatic heterocycles. The lowest BCUT2D eigenvalue weighted by atomic mass is 9.98. The van der Waals surface area contributed by atoms with Crippen molar-refractivity contribution in [3.05, 3.63) is 29.6 Å². The summed E-state index contributed by atoms with van der Waals surface area (Å²) in [6.45, 7) is 1.27. The van der Waals surface area contributed by atoms with Crippen molar-refractivity contribution < 1.29 is 56.0 Å². The Bertz CT molecular complexity index is 1250. The summed E-state index contributed by atoms with van der Waals surface area (Å²) in [5.74, 6) is -4.89. The Hall–Kier alpha value is -4.64. The number of carboxylic acids is 2. The van der Waals surface area contributed by atoms with Crippen molar-refractivity contribution >= 4 is 47.5 Å². The maximum absolute atomic E-state index is 11.4. The Morgan fingerprint density at radius 1 is 1.10 bits per heavy atom. The molecule has 2 aliphatic rings. The third-order valence-corrected chi connectivity index (χ3v) is 5.03. The summed E-state index contributed by atoms with van der Waals surface area (Å²) in [7, 11) is 0. The van der Waals surface area contributed by atoms with Crippen molar-refractivity contribution in [1.82, 2.24) is 15.0 Å². The number of piperidine rings is 1. The van der Waals surface area contributed by atoms with E-state index < -0.39 is 24.3 Å². The molecule has 4 heterocycles. The lowest BCUT2D eigenvalue weighted by Gasteiger charge is -2.30. The summed E-state index contributed by atoms with van der Waals surface area (Å²) in [5, 5.41) is 24.4. The van der Waals surface area contributed by atoms with Gasteiger partial charge in [-0.05, 0) is 31.1 Å². The summed E-state index contributed by atoms with van der Waals surface area (Å²) in [6.07, 6.45) is -3.33. The minimum Gasteiger partial charge on any atom is -0.492 e. The Morgan fingerprint density at radius 2 is 1.69 bits per heavy atom. The number of nitrogens with two attached hydrogens (primary N) is 1. The Morgan fingerprint density at radius 3 is 2.23 bits per heavy atom. The van der Waals surface area contributed by atoms with Gasteiger partial charge in [0, 0.05) is 36.6 Å². The zero-order chi connectivity index (χ0) is 29.5. The predicted molar refractivity (Wildman–Crippen MR) is 122 cm³/mol. The number of anilines is 1. The van der Waals surface area contributed by atoms with E-state index in [9.17, 15) is 36.2 Å². The number of carboxylic acid groups (broad SMARTS) is 2. The number of hydrogen-bond acceptors (Lipinski definition) is 8. The molecule has 39 heavy (non-hydrogen) atoms. The van der Waals surface area contributed by atoms with Crippen LogP contribution in [0.15, 0.2) is 23.3 Å². The molecule has 6 N–H and O–H groups in total. The fourth-order valence-electron chi connectivity index (χ4n) is 3.21. The molecule has 0 saturated carbocycles. The highest BCUT2D eigenvalue weighted by atomic mass is 19.4. The fourth-order valence-corrected chi connectivity index (χ4v) is 3.21. The number of H-pyrrole nitrogens is 1. The van der Waals surface area contributed by atoms with Crippen LogP contribution in [0.5, 0.6) is 5.88 Å². The second-order valence-corrected chi connectivity index (χ2v) is 7.82. The zero-order valence-corrected chi connectivity index (χ0v) is 19.5. The first kappa shape index (κ1) is 30.6. The molecule has 2 aromatic heterocycles. The number of primary amides is 1. The second kappa shape index (κ2) is 12.3. The molecule has 212 valence electrons. The minimum atomic E-state index is -5.08. The molecule has 0 bridgehead atoms. The van der Waals surface area contributed by atoms with Crippen molar-refractivity contribution in [3.63, 3.8) is 0 Å². The number of aromatic nitrogens is 3. The van der Waals surface area contributed by atoms with Crippen LogP contribution in [0.2, 0.25) is 0 Å². The molecule has 4 rings (SSSR count). The zero-order valence-electron chi connectivity index (χ0n) is 19.5. The monoisotopic (exact) mass is 566 g/mol. The van der Waals surface area contributed by atoms with Crippen molar-refractivity contribution in [2.24, 2.45) is 16.6 Å². The number of amides is 1. The molecule has 1 atom stereocenters. The normalized spacial score (nSPS) is 17.4. The second-order valence-electron chi connectivity index (χ2n) is 7.82.